The molecule has 1 heterocycles. The van der Waals surface area contributed by atoms with Crippen molar-refractivity contribution in [2.24, 2.45) is 0 Å². The van der Waals surface area contributed by atoms with Gasteiger partial charge in [0.2, 0.25) is 5.91 Å². The van der Waals surface area contributed by atoms with Crippen LogP contribution in [0.3, 0.4) is 0 Å². The van der Waals surface area contributed by atoms with Crippen LogP contribution in [0.15, 0.2) is 53.1 Å². The van der Waals surface area contributed by atoms with Crippen LogP contribution in [-0.2, 0) is 11.2 Å². The monoisotopic (exact) mass is 294 g/mol. The topological polar surface area (TPSA) is 55.1 Å². The van der Waals surface area contributed by atoms with Gasteiger partial charge >= 0.3 is 0 Å². The Balaban J connectivity index is 1.72. The van der Waals surface area contributed by atoms with Crippen LogP contribution in [0.5, 0.6) is 0 Å². The molecule has 3 rings (SSSR count). The van der Waals surface area contributed by atoms with Crippen LogP contribution in [-0.4, -0.2) is 11.1 Å². The van der Waals surface area contributed by atoms with Crippen LogP contribution in [0.2, 0.25) is 0 Å². The lowest BCUT2D eigenvalue weighted by Gasteiger charge is -2.13. The molecule has 0 radical (unpaired) electrons. The van der Waals surface area contributed by atoms with E-state index >= 15 is 0 Å². The lowest BCUT2D eigenvalue weighted by atomic mass is 10.1. The third kappa shape index (κ3) is 3.01. The lowest BCUT2D eigenvalue weighted by Crippen LogP contribution is -2.28. The minimum absolute atomic E-state index is 0.0337. The van der Waals surface area contributed by atoms with Gasteiger partial charge in [-0.2, -0.15) is 0 Å². The van der Waals surface area contributed by atoms with Gasteiger partial charge in [0.15, 0.2) is 5.58 Å². The summed E-state index contributed by atoms with van der Waals surface area (Å²) < 4.78 is 5.26. The number of carbonyl (C=O) groups is 1. The number of nitrogens with zero attached hydrogens (tertiary/aromatic N) is 1. The van der Waals surface area contributed by atoms with Crippen molar-refractivity contribution < 1.29 is 9.32 Å². The number of fused-ring (bicyclic) bond motifs is 1. The molecular weight excluding hydrogens is 276 g/mol. The summed E-state index contributed by atoms with van der Waals surface area (Å²) in [6.07, 6.45) is 0.216. The predicted molar refractivity (Wildman–Crippen MR) is 85.4 cm³/mol. The Labute approximate surface area is 129 Å². The zero-order valence-corrected chi connectivity index (χ0v) is 12.7. The van der Waals surface area contributed by atoms with E-state index in [1.165, 1.54) is 0 Å². The number of aryl methyl sites for hydroxylation is 1. The molecule has 1 amide bonds. The Bertz CT molecular complexity index is 793. The quantitative estimate of drug-likeness (QED) is 0.800. The second-order valence-corrected chi connectivity index (χ2v) is 5.51. The van der Waals surface area contributed by atoms with Crippen molar-refractivity contribution >= 4 is 16.9 Å². The van der Waals surface area contributed by atoms with Crippen LogP contribution in [0.25, 0.3) is 11.0 Å². The van der Waals surface area contributed by atoms with E-state index < -0.39 is 0 Å². The van der Waals surface area contributed by atoms with E-state index in [2.05, 4.69) is 10.5 Å². The second kappa shape index (κ2) is 6.02. The Morgan fingerprint density at radius 1 is 1.23 bits per heavy atom. The molecule has 0 spiro atoms. The fourth-order valence-corrected chi connectivity index (χ4v) is 2.50. The van der Waals surface area contributed by atoms with Gasteiger partial charge in [-0.25, -0.2) is 0 Å². The van der Waals surface area contributed by atoms with Gasteiger partial charge in [-0.1, -0.05) is 47.1 Å². The van der Waals surface area contributed by atoms with Gasteiger partial charge in [0.1, 0.15) is 5.69 Å². The molecule has 0 unspecified atom stereocenters. The van der Waals surface area contributed by atoms with Crippen LogP contribution in [0.4, 0.5) is 0 Å². The summed E-state index contributed by atoms with van der Waals surface area (Å²) in [7, 11) is 0. The molecule has 4 nitrogen and oxygen atoms in total. The molecule has 1 atom stereocenters. The summed E-state index contributed by atoms with van der Waals surface area (Å²) in [5.74, 6) is -0.0620. The number of aromatic nitrogens is 1. The highest BCUT2D eigenvalue weighted by Gasteiger charge is 2.14. The molecule has 0 aliphatic rings. The Hall–Kier alpha value is -2.62. The molecule has 0 aliphatic carbocycles. The predicted octanol–water partition coefficient (Wildman–Crippen LogP) is 3.56. The summed E-state index contributed by atoms with van der Waals surface area (Å²) in [4.78, 5) is 12.2. The van der Waals surface area contributed by atoms with Crippen molar-refractivity contribution in [1.82, 2.24) is 10.5 Å². The number of benzene rings is 2. The maximum Gasteiger partial charge on any atom is 0.226 e. The first kappa shape index (κ1) is 14.3. The van der Waals surface area contributed by atoms with Gasteiger partial charge < -0.3 is 9.84 Å². The van der Waals surface area contributed by atoms with Crippen LogP contribution in [0.1, 0.15) is 29.8 Å². The summed E-state index contributed by atoms with van der Waals surface area (Å²) in [6, 6.07) is 15.7. The van der Waals surface area contributed by atoms with Gasteiger partial charge in [-0.05, 0) is 31.5 Å². The molecule has 1 aromatic heterocycles. The lowest BCUT2D eigenvalue weighted by molar-refractivity contribution is -0.121. The largest absolute Gasteiger partial charge is 0.356 e. The van der Waals surface area contributed by atoms with Crippen molar-refractivity contribution in [1.29, 1.82) is 0 Å². The molecule has 3 aromatic rings. The van der Waals surface area contributed by atoms with Crippen LogP contribution >= 0.6 is 0 Å². The molecule has 0 aliphatic heterocycles. The Morgan fingerprint density at radius 3 is 2.77 bits per heavy atom. The average molecular weight is 294 g/mol. The maximum atomic E-state index is 12.2. The number of hydrogen-bond donors (Lipinski definition) is 1. The van der Waals surface area contributed by atoms with Crippen molar-refractivity contribution in [3.63, 3.8) is 0 Å². The highest BCUT2D eigenvalue weighted by molar-refractivity contribution is 5.86. The van der Waals surface area contributed by atoms with Gasteiger partial charge in [-0.3, -0.25) is 4.79 Å². The zero-order chi connectivity index (χ0) is 15.5. The summed E-state index contributed by atoms with van der Waals surface area (Å²) >= 11 is 0. The summed E-state index contributed by atoms with van der Waals surface area (Å²) in [6.45, 7) is 3.98. The van der Waals surface area contributed by atoms with Crippen molar-refractivity contribution in [3.8, 4) is 0 Å². The molecule has 4 heteroatoms. The molecule has 0 saturated carbocycles. The Morgan fingerprint density at radius 2 is 2.00 bits per heavy atom. The summed E-state index contributed by atoms with van der Waals surface area (Å²) in [5.41, 5.74) is 3.59. The highest BCUT2D eigenvalue weighted by Crippen LogP contribution is 2.20. The molecule has 0 bridgehead atoms. The highest BCUT2D eigenvalue weighted by atomic mass is 16.5. The molecule has 1 N–H and O–H groups in total. The van der Waals surface area contributed by atoms with Crippen LogP contribution < -0.4 is 5.32 Å². The number of nitrogens with one attached hydrogen (secondary N) is 1. The molecule has 22 heavy (non-hydrogen) atoms. The molecule has 0 saturated heterocycles. The Kier molecular flexibility index (Phi) is 3.92. The van der Waals surface area contributed by atoms with Gasteiger partial charge in [0.25, 0.3) is 0 Å². The van der Waals surface area contributed by atoms with Gasteiger partial charge in [-0.15, -0.1) is 0 Å². The number of amides is 1. The van der Waals surface area contributed by atoms with Gasteiger partial charge in [0, 0.05) is 5.39 Å². The molecule has 2 aromatic carbocycles. The first-order valence-electron chi connectivity index (χ1n) is 7.32. The van der Waals surface area contributed by atoms with E-state index in [0.29, 0.717) is 11.3 Å². The van der Waals surface area contributed by atoms with Crippen molar-refractivity contribution in [2.45, 2.75) is 26.3 Å². The first-order chi connectivity index (χ1) is 10.6. The maximum absolute atomic E-state index is 12.2. The van der Waals surface area contributed by atoms with Crippen molar-refractivity contribution in [3.05, 3.63) is 65.4 Å². The van der Waals surface area contributed by atoms with E-state index in [9.17, 15) is 4.79 Å². The van der Waals surface area contributed by atoms with E-state index in [1.54, 1.807) is 0 Å². The molecule has 112 valence electrons. The number of carbonyl (C=O) groups excluding carboxylic acids is 1. The normalized spacial score (nSPS) is 12.3. The van der Waals surface area contributed by atoms with Crippen LogP contribution in [0, 0.1) is 6.92 Å². The fourth-order valence-electron chi connectivity index (χ4n) is 2.50. The molecular formula is C18H18N2O2. The van der Waals surface area contributed by atoms with E-state index in [1.807, 2.05) is 62.4 Å². The van der Waals surface area contributed by atoms with Gasteiger partial charge in [0.05, 0.1) is 12.5 Å². The van der Waals surface area contributed by atoms with Crippen molar-refractivity contribution in [2.75, 3.05) is 0 Å². The third-order valence-electron chi connectivity index (χ3n) is 3.71. The SMILES string of the molecule is Cc1ccc2onc(CC(=O)N[C@H](C)c3ccccc3)c2c1. The average Bonchev–Trinajstić information content (AvgIpc) is 2.90. The van der Waals surface area contributed by atoms with E-state index in [-0.39, 0.29) is 18.4 Å². The first-order valence-corrected chi connectivity index (χ1v) is 7.32. The summed E-state index contributed by atoms with van der Waals surface area (Å²) in [5, 5.41) is 7.92. The van der Waals surface area contributed by atoms with E-state index in [4.69, 9.17) is 4.52 Å². The zero-order valence-electron chi connectivity index (χ0n) is 12.7. The third-order valence-corrected chi connectivity index (χ3v) is 3.71. The minimum Gasteiger partial charge on any atom is -0.356 e. The number of rotatable bonds is 4. The molecule has 0 fully saturated rings. The standard InChI is InChI=1S/C18H18N2O2/c1-12-8-9-17-15(10-12)16(20-22-17)11-18(21)19-13(2)14-6-4-3-5-7-14/h3-10,13H,11H2,1-2H3,(H,19,21)/t13-/m1/s1. The minimum atomic E-state index is -0.0620. The fraction of sp³-hybridized carbons (Fsp3) is 0.222. The second-order valence-electron chi connectivity index (χ2n) is 5.51. The number of hydrogen-bond acceptors (Lipinski definition) is 3. The van der Waals surface area contributed by atoms with E-state index in [0.717, 1.165) is 16.5 Å². The smallest absolute Gasteiger partial charge is 0.226 e.